The first-order valence-electron chi connectivity index (χ1n) is 9.90. The van der Waals surface area contributed by atoms with E-state index in [0.29, 0.717) is 13.1 Å². The summed E-state index contributed by atoms with van der Waals surface area (Å²) in [6, 6.07) is 9.81. The van der Waals surface area contributed by atoms with Crippen molar-refractivity contribution in [2.75, 3.05) is 62.3 Å². The van der Waals surface area contributed by atoms with Crippen molar-refractivity contribution < 1.29 is 9.53 Å². The van der Waals surface area contributed by atoms with Crippen molar-refractivity contribution in [3.8, 4) is 0 Å². The van der Waals surface area contributed by atoms with Gasteiger partial charge in [0.1, 0.15) is 5.82 Å². The highest BCUT2D eigenvalue weighted by Crippen LogP contribution is 2.20. The summed E-state index contributed by atoms with van der Waals surface area (Å²) < 4.78 is 5.44. The minimum atomic E-state index is 0.108. The van der Waals surface area contributed by atoms with Crippen LogP contribution in [0.15, 0.2) is 30.3 Å². The van der Waals surface area contributed by atoms with Crippen LogP contribution in [0.4, 0.5) is 11.8 Å². The molecule has 1 aromatic carbocycles. The van der Waals surface area contributed by atoms with Gasteiger partial charge in [-0.3, -0.25) is 4.79 Å². The van der Waals surface area contributed by atoms with Crippen molar-refractivity contribution in [3.63, 3.8) is 0 Å². The number of amides is 1. The van der Waals surface area contributed by atoms with E-state index in [2.05, 4.69) is 14.8 Å². The molecule has 0 saturated carbocycles. The zero-order chi connectivity index (χ0) is 19.5. The number of carbonyl (C=O) groups is 1. The minimum Gasteiger partial charge on any atom is -0.378 e. The number of piperazine rings is 1. The molecular formula is C21H27N5O2. The lowest BCUT2D eigenvalue weighted by Crippen LogP contribution is -2.49. The predicted molar refractivity (Wildman–Crippen MR) is 109 cm³/mol. The maximum absolute atomic E-state index is 12.8. The molecule has 28 heavy (non-hydrogen) atoms. The zero-order valence-electron chi connectivity index (χ0n) is 16.6. The van der Waals surface area contributed by atoms with Crippen molar-refractivity contribution in [1.82, 2.24) is 14.9 Å². The van der Waals surface area contributed by atoms with Crippen molar-refractivity contribution in [2.45, 2.75) is 13.8 Å². The number of aromatic nitrogens is 2. The van der Waals surface area contributed by atoms with Crippen LogP contribution in [0.3, 0.4) is 0 Å². The predicted octanol–water partition coefficient (Wildman–Crippen LogP) is 1.89. The number of hydrogen-bond donors (Lipinski definition) is 0. The number of anilines is 2. The standard InChI is InChI=1S/C21H27N5O2/c1-16-5-3-4-6-18(16)20(27)25-7-9-26(10-8-25)21-22-17(2)15-19(23-21)24-11-13-28-14-12-24/h3-6,15H,7-14H2,1-2H3. The van der Waals surface area contributed by atoms with Crippen molar-refractivity contribution >= 4 is 17.7 Å². The van der Waals surface area contributed by atoms with Gasteiger partial charge in [-0.25, -0.2) is 4.98 Å². The van der Waals surface area contributed by atoms with Gasteiger partial charge >= 0.3 is 0 Å². The van der Waals surface area contributed by atoms with E-state index in [1.807, 2.05) is 49.1 Å². The third-order valence-electron chi connectivity index (χ3n) is 5.39. The Kier molecular flexibility index (Phi) is 5.43. The number of nitrogens with zero attached hydrogens (tertiary/aromatic N) is 5. The topological polar surface area (TPSA) is 61.8 Å². The third-order valence-corrected chi connectivity index (χ3v) is 5.39. The van der Waals surface area contributed by atoms with Gasteiger partial charge < -0.3 is 19.4 Å². The average molecular weight is 381 g/mol. The number of carbonyl (C=O) groups excluding carboxylic acids is 1. The number of morpholine rings is 1. The summed E-state index contributed by atoms with van der Waals surface area (Å²) >= 11 is 0. The van der Waals surface area contributed by atoms with Crippen LogP contribution in [0.2, 0.25) is 0 Å². The molecule has 2 aliphatic heterocycles. The molecule has 0 unspecified atom stereocenters. The SMILES string of the molecule is Cc1cc(N2CCOCC2)nc(N2CCN(C(=O)c3ccccc3C)CC2)n1. The molecule has 1 amide bonds. The Bertz CT molecular complexity index is 842. The molecule has 0 atom stereocenters. The molecule has 4 rings (SSSR count). The van der Waals surface area contributed by atoms with E-state index in [-0.39, 0.29) is 5.91 Å². The fourth-order valence-corrected chi connectivity index (χ4v) is 3.73. The van der Waals surface area contributed by atoms with E-state index in [1.54, 1.807) is 0 Å². The van der Waals surface area contributed by atoms with E-state index in [4.69, 9.17) is 9.72 Å². The Labute approximate surface area is 165 Å². The molecule has 7 nitrogen and oxygen atoms in total. The second kappa shape index (κ2) is 8.14. The van der Waals surface area contributed by atoms with Gasteiger partial charge in [-0.1, -0.05) is 18.2 Å². The molecule has 1 aromatic heterocycles. The molecule has 0 spiro atoms. The highest BCUT2D eigenvalue weighted by atomic mass is 16.5. The van der Waals surface area contributed by atoms with E-state index in [9.17, 15) is 4.79 Å². The fourth-order valence-electron chi connectivity index (χ4n) is 3.73. The molecule has 0 N–H and O–H groups in total. The Balaban J connectivity index is 1.44. The summed E-state index contributed by atoms with van der Waals surface area (Å²) in [5.74, 6) is 1.82. The molecule has 2 fully saturated rings. The fraction of sp³-hybridized carbons (Fsp3) is 0.476. The highest BCUT2D eigenvalue weighted by Gasteiger charge is 2.25. The second-order valence-corrected chi connectivity index (χ2v) is 7.36. The van der Waals surface area contributed by atoms with Crippen molar-refractivity contribution in [1.29, 1.82) is 0 Å². The van der Waals surface area contributed by atoms with E-state index in [0.717, 1.165) is 68.0 Å². The summed E-state index contributed by atoms with van der Waals surface area (Å²) in [6.45, 7) is 10.0. The Morgan fingerprint density at radius 1 is 0.929 bits per heavy atom. The number of benzene rings is 1. The molecule has 0 bridgehead atoms. The monoisotopic (exact) mass is 381 g/mol. The summed E-state index contributed by atoms with van der Waals surface area (Å²) in [4.78, 5) is 28.6. The van der Waals surface area contributed by atoms with Gasteiger partial charge in [0.15, 0.2) is 0 Å². The third kappa shape index (κ3) is 3.94. The van der Waals surface area contributed by atoms with Gasteiger partial charge in [-0.05, 0) is 25.5 Å². The maximum atomic E-state index is 12.8. The largest absolute Gasteiger partial charge is 0.378 e. The lowest BCUT2D eigenvalue weighted by molar-refractivity contribution is 0.0745. The van der Waals surface area contributed by atoms with Gasteiger partial charge in [-0.2, -0.15) is 4.98 Å². The molecule has 2 aromatic rings. The Hall–Kier alpha value is -2.67. The van der Waals surface area contributed by atoms with Crippen molar-refractivity contribution in [3.05, 3.63) is 47.2 Å². The van der Waals surface area contributed by atoms with Crippen LogP contribution in [0, 0.1) is 13.8 Å². The molecule has 148 valence electrons. The summed E-state index contributed by atoms with van der Waals surface area (Å²) in [7, 11) is 0. The lowest BCUT2D eigenvalue weighted by Gasteiger charge is -2.35. The lowest BCUT2D eigenvalue weighted by atomic mass is 10.1. The van der Waals surface area contributed by atoms with Gasteiger partial charge in [0.05, 0.1) is 13.2 Å². The summed E-state index contributed by atoms with van der Waals surface area (Å²) in [5, 5.41) is 0. The first-order valence-corrected chi connectivity index (χ1v) is 9.90. The molecular weight excluding hydrogens is 354 g/mol. The van der Waals surface area contributed by atoms with Gasteiger partial charge in [0, 0.05) is 56.6 Å². The average Bonchev–Trinajstić information content (AvgIpc) is 2.74. The van der Waals surface area contributed by atoms with Crippen LogP contribution in [0.1, 0.15) is 21.6 Å². The summed E-state index contributed by atoms with van der Waals surface area (Å²) in [6.07, 6.45) is 0. The summed E-state index contributed by atoms with van der Waals surface area (Å²) in [5.41, 5.74) is 2.77. The quantitative estimate of drug-likeness (QED) is 0.809. The van der Waals surface area contributed by atoms with Crippen LogP contribution in [-0.2, 0) is 4.74 Å². The number of ether oxygens (including phenoxy) is 1. The molecule has 2 aliphatic rings. The molecule has 0 radical (unpaired) electrons. The van der Waals surface area contributed by atoms with Crippen LogP contribution < -0.4 is 9.80 Å². The Morgan fingerprint density at radius 3 is 2.36 bits per heavy atom. The first kappa shape index (κ1) is 18.7. The number of aryl methyl sites for hydroxylation is 2. The maximum Gasteiger partial charge on any atom is 0.254 e. The molecule has 7 heteroatoms. The van der Waals surface area contributed by atoms with Gasteiger partial charge in [0.25, 0.3) is 5.91 Å². The Morgan fingerprint density at radius 2 is 1.64 bits per heavy atom. The molecule has 3 heterocycles. The second-order valence-electron chi connectivity index (χ2n) is 7.36. The van der Waals surface area contributed by atoms with Crippen LogP contribution in [-0.4, -0.2) is 73.3 Å². The van der Waals surface area contributed by atoms with E-state index < -0.39 is 0 Å². The number of rotatable bonds is 3. The normalized spacial score (nSPS) is 17.7. The minimum absolute atomic E-state index is 0.108. The van der Waals surface area contributed by atoms with Gasteiger partial charge in [-0.15, -0.1) is 0 Å². The number of hydrogen-bond acceptors (Lipinski definition) is 6. The van der Waals surface area contributed by atoms with Gasteiger partial charge in [0.2, 0.25) is 5.95 Å². The molecule has 0 aliphatic carbocycles. The van der Waals surface area contributed by atoms with E-state index in [1.165, 1.54) is 0 Å². The van der Waals surface area contributed by atoms with Crippen LogP contribution >= 0.6 is 0 Å². The van der Waals surface area contributed by atoms with Crippen molar-refractivity contribution in [2.24, 2.45) is 0 Å². The molecule has 2 saturated heterocycles. The zero-order valence-corrected chi connectivity index (χ0v) is 16.6. The first-order chi connectivity index (χ1) is 13.6. The highest BCUT2D eigenvalue weighted by molar-refractivity contribution is 5.95. The van der Waals surface area contributed by atoms with Crippen LogP contribution in [0.25, 0.3) is 0 Å². The smallest absolute Gasteiger partial charge is 0.254 e. The van der Waals surface area contributed by atoms with E-state index >= 15 is 0 Å². The van der Waals surface area contributed by atoms with Crippen LogP contribution in [0.5, 0.6) is 0 Å².